The summed E-state index contributed by atoms with van der Waals surface area (Å²) in [6, 6.07) is 21.0. The number of carboxylic acids is 1. The van der Waals surface area contributed by atoms with Crippen molar-refractivity contribution in [3.63, 3.8) is 0 Å². The third-order valence-corrected chi connectivity index (χ3v) is 4.34. The number of aromatic carboxylic acids is 1. The maximum absolute atomic E-state index is 12.7. The molecular formula is C24H22N2O4. The quantitative estimate of drug-likeness (QED) is 0.524. The number of carboxylic acid groups (broad SMARTS) is 1. The molecule has 152 valence electrons. The van der Waals surface area contributed by atoms with Crippen molar-refractivity contribution < 1.29 is 14.6 Å². The second-order valence-corrected chi connectivity index (χ2v) is 6.23. The summed E-state index contributed by atoms with van der Waals surface area (Å²) in [7, 11) is 0. The van der Waals surface area contributed by atoms with E-state index in [4.69, 9.17) is 9.84 Å². The molecule has 0 radical (unpaired) electrons. The zero-order valence-corrected chi connectivity index (χ0v) is 16.8. The van der Waals surface area contributed by atoms with E-state index in [9.17, 15) is 9.59 Å². The standard InChI is InChI=1S/C22H16N2O4.C2H6/c25-21-19-10-9-18(28-13-15-5-4-6-16(11-15)22(26)27)12-20(19)23-14-24(21)17-7-2-1-3-8-17;1-2/h1-12,14H,13H2,(H,26,27);1-2H3. The molecule has 0 spiro atoms. The summed E-state index contributed by atoms with van der Waals surface area (Å²) in [5, 5.41) is 9.56. The second kappa shape index (κ2) is 9.52. The van der Waals surface area contributed by atoms with Crippen molar-refractivity contribution in [1.29, 1.82) is 0 Å². The summed E-state index contributed by atoms with van der Waals surface area (Å²) < 4.78 is 7.25. The summed E-state index contributed by atoms with van der Waals surface area (Å²) in [6.07, 6.45) is 1.50. The summed E-state index contributed by atoms with van der Waals surface area (Å²) in [5.41, 5.74) is 2.08. The van der Waals surface area contributed by atoms with Crippen LogP contribution in [0.1, 0.15) is 29.8 Å². The number of hydrogen-bond donors (Lipinski definition) is 1. The van der Waals surface area contributed by atoms with Gasteiger partial charge >= 0.3 is 5.97 Å². The van der Waals surface area contributed by atoms with Gasteiger partial charge < -0.3 is 9.84 Å². The largest absolute Gasteiger partial charge is 0.489 e. The Morgan fingerprint density at radius 1 is 1.00 bits per heavy atom. The SMILES string of the molecule is CC.O=C(O)c1cccc(COc2ccc3c(=O)n(-c4ccccc4)cnc3c2)c1. The lowest BCUT2D eigenvalue weighted by atomic mass is 10.1. The molecule has 1 N–H and O–H groups in total. The summed E-state index contributed by atoms with van der Waals surface area (Å²) >= 11 is 0. The molecule has 0 bridgehead atoms. The maximum Gasteiger partial charge on any atom is 0.335 e. The lowest BCUT2D eigenvalue weighted by Crippen LogP contribution is -2.18. The number of aromatic nitrogens is 2. The summed E-state index contributed by atoms with van der Waals surface area (Å²) in [5.74, 6) is -0.427. The highest BCUT2D eigenvalue weighted by Gasteiger charge is 2.08. The van der Waals surface area contributed by atoms with Gasteiger partial charge in [0.25, 0.3) is 5.56 Å². The van der Waals surface area contributed by atoms with E-state index in [1.165, 1.54) is 17.0 Å². The van der Waals surface area contributed by atoms with Crippen LogP contribution in [-0.4, -0.2) is 20.6 Å². The van der Waals surface area contributed by atoms with Gasteiger partial charge in [0.1, 0.15) is 18.7 Å². The van der Waals surface area contributed by atoms with Crippen LogP contribution < -0.4 is 10.3 Å². The van der Waals surface area contributed by atoms with Crippen molar-refractivity contribution in [1.82, 2.24) is 9.55 Å². The molecule has 0 aliphatic carbocycles. The van der Waals surface area contributed by atoms with Crippen LogP contribution in [0.15, 0.2) is 83.9 Å². The molecule has 1 heterocycles. The van der Waals surface area contributed by atoms with Crippen LogP contribution >= 0.6 is 0 Å². The molecule has 30 heavy (non-hydrogen) atoms. The first-order chi connectivity index (χ1) is 14.6. The Morgan fingerprint density at radius 2 is 1.77 bits per heavy atom. The lowest BCUT2D eigenvalue weighted by molar-refractivity contribution is 0.0696. The molecule has 0 atom stereocenters. The minimum absolute atomic E-state index is 0.156. The fourth-order valence-corrected chi connectivity index (χ4v) is 2.92. The first-order valence-electron chi connectivity index (χ1n) is 9.64. The normalized spacial score (nSPS) is 10.2. The number of para-hydroxylation sites is 1. The molecule has 1 aromatic heterocycles. The Kier molecular flexibility index (Phi) is 6.60. The monoisotopic (exact) mass is 402 g/mol. The number of hydrogen-bond acceptors (Lipinski definition) is 4. The van der Waals surface area contributed by atoms with Crippen LogP contribution in [0.4, 0.5) is 0 Å². The van der Waals surface area contributed by atoms with Crippen molar-refractivity contribution >= 4 is 16.9 Å². The van der Waals surface area contributed by atoms with E-state index in [2.05, 4.69) is 4.98 Å². The first-order valence-corrected chi connectivity index (χ1v) is 9.64. The lowest BCUT2D eigenvalue weighted by Gasteiger charge is -2.09. The highest BCUT2D eigenvalue weighted by molar-refractivity contribution is 5.87. The Balaban J connectivity index is 0.00000124. The van der Waals surface area contributed by atoms with E-state index in [1.807, 2.05) is 44.2 Å². The van der Waals surface area contributed by atoms with Gasteiger partial charge in [-0.2, -0.15) is 0 Å². The third-order valence-electron chi connectivity index (χ3n) is 4.34. The van der Waals surface area contributed by atoms with Crippen molar-refractivity contribution in [2.75, 3.05) is 0 Å². The van der Waals surface area contributed by atoms with Gasteiger partial charge in [0.15, 0.2) is 0 Å². The molecular weight excluding hydrogens is 380 g/mol. The Bertz CT molecular complexity index is 1220. The average Bonchev–Trinajstić information content (AvgIpc) is 2.80. The maximum atomic E-state index is 12.7. The molecule has 3 aromatic carbocycles. The molecule has 0 aliphatic heterocycles. The average molecular weight is 402 g/mol. The van der Waals surface area contributed by atoms with Crippen molar-refractivity contribution in [2.24, 2.45) is 0 Å². The fourth-order valence-electron chi connectivity index (χ4n) is 2.92. The predicted molar refractivity (Wildman–Crippen MR) is 116 cm³/mol. The van der Waals surface area contributed by atoms with E-state index in [-0.39, 0.29) is 17.7 Å². The Labute approximate surface area is 174 Å². The Hall–Kier alpha value is -3.93. The number of ether oxygens (including phenoxy) is 1. The number of benzene rings is 3. The zero-order chi connectivity index (χ0) is 21.5. The zero-order valence-electron chi connectivity index (χ0n) is 16.8. The van der Waals surface area contributed by atoms with E-state index in [0.29, 0.717) is 16.7 Å². The van der Waals surface area contributed by atoms with E-state index in [1.54, 1.807) is 36.4 Å². The molecule has 0 unspecified atom stereocenters. The topological polar surface area (TPSA) is 81.4 Å². The Morgan fingerprint density at radius 3 is 2.50 bits per heavy atom. The molecule has 0 saturated carbocycles. The molecule has 0 aliphatic rings. The van der Waals surface area contributed by atoms with Crippen LogP contribution in [0, 0.1) is 0 Å². The van der Waals surface area contributed by atoms with Crippen LogP contribution in [0.2, 0.25) is 0 Å². The number of fused-ring (bicyclic) bond motifs is 1. The van der Waals surface area contributed by atoms with E-state index in [0.717, 1.165) is 11.3 Å². The number of carbonyl (C=O) groups is 1. The van der Waals surface area contributed by atoms with Crippen molar-refractivity contribution in [2.45, 2.75) is 20.5 Å². The molecule has 0 fully saturated rings. The van der Waals surface area contributed by atoms with Gasteiger partial charge in [-0.05, 0) is 42.0 Å². The van der Waals surface area contributed by atoms with E-state index >= 15 is 0 Å². The van der Waals surface area contributed by atoms with E-state index < -0.39 is 5.97 Å². The highest BCUT2D eigenvalue weighted by Crippen LogP contribution is 2.19. The molecule has 4 aromatic rings. The van der Waals surface area contributed by atoms with Gasteiger partial charge in [0.2, 0.25) is 0 Å². The summed E-state index contributed by atoms with van der Waals surface area (Å²) in [4.78, 5) is 28.2. The minimum atomic E-state index is -0.980. The van der Waals surface area contributed by atoms with Crippen molar-refractivity contribution in [3.8, 4) is 11.4 Å². The van der Waals surface area contributed by atoms with Crippen LogP contribution in [0.5, 0.6) is 5.75 Å². The van der Waals surface area contributed by atoms with Gasteiger partial charge in [0.05, 0.1) is 22.2 Å². The first kappa shape index (κ1) is 20.8. The van der Waals surface area contributed by atoms with Gasteiger partial charge in [0, 0.05) is 6.07 Å². The van der Waals surface area contributed by atoms with Crippen LogP contribution in [0.3, 0.4) is 0 Å². The molecule has 6 nitrogen and oxygen atoms in total. The highest BCUT2D eigenvalue weighted by atomic mass is 16.5. The molecule has 0 amide bonds. The van der Waals surface area contributed by atoms with Gasteiger partial charge in [-0.25, -0.2) is 9.78 Å². The van der Waals surface area contributed by atoms with Gasteiger partial charge in [-0.3, -0.25) is 9.36 Å². The fraction of sp³-hybridized carbons (Fsp3) is 0.125. The van der Waals surface area contributed by atoms with Crippen LogP contribution in [-0.2, 0) is 6.61 Å². The molecule has 0 saturated heterocycles. The number of rotatable bonds is 5. The molecule has 6 heteroatoms. The van der Waals surface area contributed by atoms with Crippen molar-refractivity contribution in [3.05, 3.63) is 101 Å². The van der Waals surface area contributed by atoms with Crippen LogP contribution in [0.25, 0.3) is 16.6 Å². The second-order valence-electron chi connectivity index (χ2n) is 6.23. The van der Waals surface area contributed by atoms with Gasteiger partial charge in [-0.15, -0.1) is 0 Å². The number of nitrogens with zero attached hydrogens (tertiary/aromatic N) is 2. The van der Waals surface area contributed by atoms with Gasteiger partial charge in [-0.1, -0.05) is 44.2 Å². The third kappa shape index (κ3) is 4.55. The smallest absolute Gasteiger partial charge is 0.335 e. The summed E-state index contributed by atoms with van der Waals surface area (Å²) in [6.45, 7) is 4.22. The molecule has 4 rings (SSSR count). The predicted octanol–water partition coefficient (Wildman–Crippen LogP) is 4.69. The minimum Gasteiger partial charge on any atom is -0.489 e.